The number of carbonyl (C=O) groups is 2. The van der Waals surface area contributed by atoms with E-state index in [0.717, 1.165) is 0 Å². The van der Waals surface area contributed by atoms with Gasteiger partial charge in [0.15, 0.2) is 0 Å². The number of benzene rings is 1. The average Bonchev–Trinajstić information content (AvgIpc) is 2.17. The van der Waals surface area contributed by atoms with Gasteiger partial charge in [-0.1, -0.05) is 35.9 Å². The zero-order chi connectivity index (χ0) is 11.7. The van der Waals surface area contributed by atoms with E-state index in [9.17, 15) is 9.59 Å². The first-order valence-electron chi connectivity index (χ1n) is 4.18. The van der Waals surface area contributed by atoms with Crippen molar-refractivity contribution < 1.29 is 19.8 Å². The van der Waals surface area contributed by atoms with Crippen molar-refractivity contribution >= 4 is 11.9 Å². The standard InChI is InChI=1S/C7H8.C4H4O4/c1-7-5-3-2-4-6-7;5-3(6)1-2-4(7)8/h2-6H,1H3;1-2H,(H,5,6)(H,7,8)/b;2-1+. The molecule has 0 amide bonds. The maximum atomic E-state index is 9.55. The summed E-state index contributed by atoms with van der Waals surface area (Å²) in [6.07, 6.45) is 1.12. The number of rotatable bonds is 2. The van der Waals surface area contributed by atoms with Crippen molar-refractivity contribution in [2.75, 3.05) is 0 Å². The SMILES string of the molecule is Cc1ccccc1.O=C(O)/C=C/C(=O)O. The molecule has 0 heterocycles. The molecule has 0 radical (unpaired) electrons. The molecular weight excluding hydrogens is 196 g/mol. The van der Waals surface area contributed by atoms with Gasteiger partial charge < -0.3 is 10.2 Å². The molecule has 2 N–H and O–H groups in total. The molecule has 1 rings (SSSR count). The maximum Gasteiger partial charge on any atom is 0.328 e. The van der Waals surface area contributed by atoms with Gasteiger partial charge in [0.25, 0.3) is 0 Å². The van der Waals surface area contributed by atoms with Gasteiger partial charge in [-0.2, -0.15) is 0 Å². The molecule has 80 valence electrons. The zero-order valence-electron chi connectivity index (χ0n) is 8.25. The predicted molar refractivity (Wildman–Crippen MR) is 55.6 cm³/mol. The Morgan fingerprint density at radius 2 is 1.40 bits per heavy atom. The lowest BCUT2D eigenvalue weighted by molar-refractivity contribution is -0.134. The number of aryl methyl sites for hydroxylation is 1. The Balaban J connectivity index is 0.000000262. The minimum absolute atomic E-state index is 0.558. The van der Waals surface area contributed by atoms with E-state index in [1.807, 2.05) is 18.2 Å². The molecule has 0 atom stereocenters. The van der Waals surface area contributed by atoms with E-state index in [-0.39, 0.29) is 0 Å². The van der Waals surface area contributed by atoms with Crippen LogP contribution in [0, 0.1) is 6.92 Å². The molecular formula is C11H12O4. The van der Waals surface area contributed by atoms with E-state index in [4.69, 9.17) is 10.2 Å². The Morgan fingerprint density at radius 1 is 1.00 bits per heavy atom. The van der Waals surface area contributed by atoms with Gasteiger partial charge in [0.2, 0.25) is 0 Å². The summed E-state index contributed by atoms with van der Waals surface area (Å²) in [6.45, 7) is 2.08. The summed E-state index contributed by atoms with van der Waals surface area (Å²) in [6, 6.07) is 10.3. The maximum absolute atomic E-state index is 9.55. The van der Waals surface area contributed by atoms with Crippen LogP contribution in [0.25, 0.3) is 0 Å². The number of carboxylic acids is 2. The molecule has 0 saturated heterocycles. The molecule has 4 heteroatoms. The summed E-state index contributed by atoms with van der Waals surface area (Å²) in [5, 5.41) is 15.6. The van der Waals surface area contributed by atoms with Crippen molar-refractivity contribution in [2.24, 2.45) is 0 Å². The second-order valence-electron chi connectivity index (χ2n) is 2.66. The van der Waals surface area contributed by atoms with Crippen LogP contribution in [-0.2, 0) is 9.59 Å². The molecule has 1 aromatic carbocycles. The lowest BCUT2D eigenvalue weighted by Gasteiger charge is -1.82. The lowest BCUT2D eigenvalue weighted by atomic mass is 10.2. The summed E-state index contributed by atoms with van der Waals surface area (Å²) in [5.74, 6) is -2.51. The van der Waals surface area contributed by atoms with Crippen molar-refractivity contribution in [3.05, 3.63) is 48.0 Å². The van der Waals surface area contributed by atoms with Gasteiger partial charge in [-0.05, 0) is 6.92 Å². The normalized spacial score (nSPS) is 9.13. The smallest absolute Gasteiger partial charge is 0.328 e. The van der Waals surface area contributed by atoms with Gasteiger partial charge in [0.1, 0.15) is 0 Å². The van der Waals surface area contributed by atoms with Crippen LogP contribution in [0.2, 0.25) is 0 Å². The summed E-state index contributed by atoms with van der Waals surface area (Å²) < 4.78 is 0. The quantitative estimate of drug-likeness (QED) is 0.725. The average molecular weight is 208 g/mol. The highest BCUT2D eigenvalue weighted by Crippen LogP contribution is 1.92. The third-order valence-electron chi connectivity index (χ3n) is 1.31. The van der Waals surface area contributed by atoms with Crippen molar-refractivity contribution in [3.8, 4) is 0 Å². The van der Waals surface area contributed by atoms with E-state index in [0.29, 0.717) is 12.2 Å². The highest BCUT2D eigenvalue weighted by Gasteiger charge is 1.88. The molecule has 0 saturated carbocycles. The molecule has 0 aliphatic carbocycles. The second kappa shape index (κ2) is 7.32. The second-order valence-corrected chi connectivity index (χ2v) is 2.66. The molecule has 0 bridgehead atoms. The molecule has 0 unspecified atom stereocenters. The van der Waals surface area contributed by atoms with Gasteiger partial charge in [0.05, 0.1) is 0 Å². The fraction of sp³-hybridized carbons (Fsp3) is 0.0909. The molecule has 0 aromatic heterocycles. The van der Waals surface area contributed by atoms with E-state index < -0.39 is 11.9 Å². The van der Waals surface area contributed by atoms with Crippen molar-refractivity contribution in [2.45, 2.75) is 6.92 Å². The van der Waals surface area contributed by atoms with E-state index in [1.54, 1.807) is 0 Å². The molecule has 0 aliphatic rings. The summed E-state index contributed by atoms with van der Waals surface area (Å²) in [5.41, 5.74) is 1.32. The first kappa shape index (κ1) is 12.9. The molecule has 0 fully saturated rings. The van der Waals surface area contributed by atoms with Gasteiger partial charge in [-0.25, -0.2) is 9.59 Å². The van der Waals surface area contributed by atoms with Crippen LogP contribution in [0.5, 0.6) is 0 Å². The highest BCUT2D eigenvalue weighted by molar-refractivity contribution is 5.89. The minimum atomic E-state index is -1.26. The van der Waals surface area contributed by atoms with Crippen LogP contribution in [0.1, 0.15) is 5.56 Å². The third-order valence-corrected chi connectivity index (χ3v) is 1.31. The van der Waals surface area contributed by atoms with Crippen molar-refractivity contribution in [1.29, 1.82) is 0 Å². The van der Waals surface area contributed by atoms with Gasteiger partial charge in [-0.15, -0.1) is 0 Å². The monoisotopic (exact) mass is 208 g/mol. The fourth-order valence-corrected chi connectivity index (χ4v) is 0.677. The van der Waals surface area contributed by atoms with Crippen molar-refractivity contribution in [3.63, 3.8) is 0 Å². The largest absolute Gasteiger partial charge is 0.478 e. The van der Waals surface area contributed by atoms with E-state index in [2.05, 4.69) is 19.1 Å². The van der Waals surface area contributed by atoms with Gasteiger partial charge >= 0.3 is 11.9 Å². The van der Waals surface area contributed by atoms with Gasteiger partial charge in [-0.3, -0.25) is 0 Å². The summed E-state index contributed by atoms with van der Waals surface area (Å²) in [4.78, 5) is 19.1. The number of hydrogen-bond acceptors (Lipinski definition) is 2. The summed E-state index contributed by atoms with van der Waals surface area (Å²) >= 11 is 0. The van der Waals surface area contributed by atoms with Gasteiger partial charge in [0, 0.05) is 12.2 Å². The molecule has 0 aliphatic heterocycles. The van der Waals surface area contributed by atoms with Crippen LogP contribution < -0.4 is 0 Å². The Bertz CT molecular complexity index is 325. The highest BCUT2D eigenvalue weighted by atomic mass is 16.4. The van der Waals surface area contributed by atoms with Crippen LogP contribution >= 0.6 is 0 Å². The zero-order valence-corrected chi connectivity index (χ0v) is 8.25. The molecule has 15 heavy (non-hydrogen) atoms. The number of hydrogen-bond donors (Lipinski definition) is 2. The Morgan fingerprint density at radius 3 is 1.60 bits per heavy atom. The predicted octanol–water partition coefficient (Wildman–Crippen LogP) is 1.71. The van der Waals surface area contributed by atoms with Crippen LogP contribution in [0.15, 0.2) is 42.5 Å². The molecule has 0 spiro atoms. The fourth-order valence-electron chi connectivity index (χ4n) is 0.677. The summed E-state index contributed by atoms with van der Waals surface area (Å²) in [7, 11) is 0. The van der Waals surface area contributed by atoms with Crippen molar-refractivity contribution in [1.82, 2.24) is 0 Å². The Kier molecular flexibility index (Phi) is 6.29. The minimum Gasteiger partial charge on any atom is -0.478 e. The van der Waals surface area contributed by atoms with E-state index >= 15 is 0 Å². The van der Waals surface area contributed by atoms with Crippen LogP contribution in [0.3, 0.4) is 0 Å². The van der Waals surface area contributed by atoms with E-state index in [1.165, 1.54) is 5.56 Å². The lowest BCUT2D eigenvalue weighted by Crippen LogP contribution is -1.91. The topological polar surface area (TPSA) is 74.6 Å². The Hall–Kier alpha value is -2.10. The van der Waals surface area contributed by atoms with Crippen LogP contribution in [0.4, 0.5) is 0 Å². The molecule has 1 aromatic rings. The first-order chi connectivity index (χ1) is 7.02. The first-order valence-corrected chi connectivity index (χ1v) is 4.18. The third kappa shape index (κ3) is 9.82. The number of aliphatic carboxylic acids is 2. The Labute approximate surface area is 87.5 Å². The molecule has 4 nitrogen and oxygen atoms in total. The van der Waals surface area contributed by atoms with Crippen LogP contribution in [-0.4, -0.2) is 22.2 Å². The number of carboxylic acid groups (broad SMARTS) is 2.